The van der Waals surface area contributed by atoms with Crippen molar-refractivity contribution in [3.63, 3.8) is 0 Å². The molecular formula is C17H19NO3. The fraction of sp³-hybridized carbons (Fsp3) is 0.235. The van der Waals surface area contributed by atoms with Gasteiger partial charge in [0.05, 0.1) is 13.5 Å². The minimum absolute atomic E-state index is 0.0828. The van der Waals surface area contributed by atoms with Crippen LogP contribution in [0.2, 0.25) is 0 Å². The van der Waals surface area contributed by atoms with Gasteiger partial charge in [-0.1, -0.05) is 24.3 Å². The summed E-state index contributed by atoms with van der Waals surface area (Å²) in [5.74, 6) is -0.110. The van der Waals surface area contributed by atoms with Gasteiger partial charge in [0, 0.05) is 6.04 Å². The molecule has 4 nitrogen and oxygen atoms in total. The van der Waals surface area contributed by atoms with Crippen LogP contribution in [-0.4, -0.2) is 18.2 Å². The summed E-state index contributed by atoms with van der Waals surface area (Å²) in [5, 5.41) is 8.85. The molecule has 0 aliphatic carbocycles. The number of aryl methyl sites for hydroxylation is 1. The highest BCUT2D eigenvalue weighted by molar-refractivity contribution is 5.71. The lowest BCUT2D eigenvalue weighted by Crippen LogP contribution is -2.14. The van der Waals surface area contributed by atoms with Crippen LogP contribution in [0, 0.1) is 6.92 Å². The van der Waals surface area contributed by atoms with Crippen molar-refractivity contribution < 1.29 is 14.6 Å². The molecule has 1 atom stereocenters. The SMILES string of the molecule is COc1ccc(C)c(-c2cccc(C(N)CC(=O)O)c2)c1. The lowest BCUT2D eigenvalue weighted by molar-refractivity contribution is -0.137. The standard InChI is InChI=1S/C17H19NO3/c1-11-6-7-14(21-2)9-15(11)12-4-3-5-13(8-12)16(18)10-17(19)20/h3-9,16H,10,18H2,1-2H3,(H,19,20). The quantitative estimate of drug-likeness (QED) is 0.885. The Morgan fingerprint density at radius 2 is 2.05 bits per heavy atom. The van der Waals surface area contributed by atoms with E-state index in [0.29, 0.717) is 0 Å². The molecule has 0 fully saturated rings. The summed E-state index contributed by atoms with van der Waals surface area (Å²) in [7, 11) is 1.63. The molecule has 2 aromatic carbocycles. The Kier molecular flexibility index (Phi) is 4.60. The van der Waals surface area contributed by atoms with E-state index in [4.69, 9.17) is 15.6 Å². The molecule has 0 bridgehead atoms. The predicted octanol–water partition coefficient (Wildman–Crippen LogP) is 3.15. The molecule has 0 heterocycles. The van der Waals surface area contributed by atoms with E-state index in [1.807, 2.05) is 49.4 Å². The van der Waals surface area contributed by atoms with Crippen LogP contribution >= 0.6 is 0 Å². The van der Waals surface area contributed by atoms with Crippen molar-refractivity contribution >= 4 is 5.97 Å². The van der Waals surface area contributed by atoms with E-state index in [9.17, 15) is 4.79 Å². The van der Waals surface area contributed by atoms with E-state index in [-0.39, 0.29) is 6.42 Å². The number of carboxylic acids is 1. The molecule has 0 radical (unpaired) electrons. The number of aliphatic carboxylic acids is 1. The second-order valence-electron chi connectivity index (χ2n) is 5.01. The van der Waals surface area contributed by atoms with Crippen molar-refractivity contribution in [1.29, 1.82) is 0 Å². The van der Waals surface area contributed by atoms with E-state index >= 15 is 0 Å². The fourth-order valence-corrected chi connectivity index (χ4v) is 2.28. The van der Waals surface area contributed by atoms with E-state index < -0.39 is 12.0 Å². The number of carboxylic acid groups (broad SMARTS) is 1. The van der Waals surface area contributed by atoms with Crippen LogP contribution in [0.4, 0.5) is 0 Å². The van der Waals surface area contributed by atoms with E-state index in [0.717, 1.165) is 28.0 Å². The first-order valence-electron chi connectivity index (χ1n) is 6.73. The molecule has 2 aromatic rings. The Morgan fingerprint density at radius 3 is 2.71 bits per heavy atom. The largest absolute Gasteiger partial charge is 0.497 e. The number of carbonyl (C=O) groups is 1. The third kappa shape index (κ3) is 3.61. The minimum Gasteiger partial charge on any atom is -0.497 e. The highest BCUT2D eigenvalue weighted by Gasteiger charge is 2.12. The van der Waals surface area contributed by atoms with Crippen molar-refractivity contribution in [1.82, 2.24) is 0 Å². The summed E-state index contributed by atoms with van der Waals surface area (Å²) in [4.78, 5) is 10.8. The molecule has 0 aliphatic heterocycles. The number of methoxy groups -OCH3 is 1. The smallest absolute Gasteiger partial charge is 0.305 e. The van der Waals surface area contributed by atoms with Gasteiger partial charge in [-0.05, 0) is 47.4 Å². The third-order valence-electron chi connectivity index (χ3n) is 3.47. The van der Waals surface area contributed by atoms with Crippen LogP contribution in [0.5, 0.6) is 5.75 Å². The zero-order valence-corrected chi connectivity index (χ0v) is 12.2. The second-order valence-corrected chi connectivity index (χ2v) is 5.01. The summed E-state index contributed by atoms with van der Waals surface area (Å²) in [6, 6.07) is 13.0. The summed E-state index contributed by atoms with van der Waals surface area (Å²) >= 11 is 0. The number of nitrogens with two attached hydrogens (primary N) is 1. The topological polar surface area (TPSA) is 72.5 Å². The molecule has 2 rings (SSSR count). The molecule has 4 heteroatoms. The van der Waals surface area contributed by atoms with Crippen LogP contribution in [0.25, 0.3) is 11.1 Å². The first-order valence-corrected chi connectivity index (χ1v) is 6.73. The average molecular weight is 285 g/mol. The highest BCUT2D eigenvalue weighted by Crippen LogP contribution is 2.29. The Balaban J connectivity index is 2.39. The van der Waals surface area contributed by atoms with E-state index in [2.05, 4.69) is 0 Å². The number of ether oxygens (including phenoxy) is 1. The van der Waals surface area contributed by atoms with Crippen LogP contribution in [0.15, 0.2) is 42.5 Å². The summed E-state index contributed by atoms with van der Waals surface area (Å²) in [6.07, 6.45) is -0.0828. The van der Waals surface area contributed by atoms with Crippen molar-refractivity contribution in [2.75, 3.05) is 7.11 Å². The molecular weight excluding hydrogens is 266 g/mol. The Labute approximate surface area is 124 Å². The Morgan fingerprint density at radius 1 is 1.29 bits per heavy atom. The second kappa shape index (κ2) is 6.41. The van der Waals surface area contributed by atoms with Crippen LogP contribution in [0.3, 0.4) is 0 Å². The van der Waals surface area contributed by atoms with Crippen LogP contribution in [-0.2, 0) is 4.79 Å². The van der Waals surface area contributed by atoms with Gasteiger partial charge in [-0.15, -0.1) is 0 Å². The molecule has 21 heavy (non-hydrogen) atoms. The maximum atomic E-state index is 10.8. The molecule has 110 valence electrons. The summed E-state index contributed by atoms with van der Waals surface area (Å²) in [5.41, 5.74) is 9.93. The molecule has 0 aromatic heterocycles. The highest BCUT2D eigenvalue weighted by atomic mass is 16.5. The van der Waals surface area contributed by atoms with Gasteiger partial charge in [0.25, 0.3) is 0 Å². The summed E-state index contributed by atoms with van der Waals surface area (Å²) < 4.78 is 5.26. The van der Waals surface area contributed by atoms with E-state index in [1.165, 1.54) is 0 Å². The van der Waals surface area contributed by atoms with Gasteiger partial charge in [0.2, 0.25) is 0 Å². The molecule has 0 amide bonds. The average Bonchev–Trinajstić information content (AvgIpc) is 2.47. The predicted molar refractivity (Wildman–Crippen MR) is 82.3 cm³/mol. The number of hydrogen-bond acceptors (Lipinski definition) is 3. The first-order chi connectivity index (χ1) is 10.0. The van der Waals surface area contributed by atoms with Gasteiger partial charge in [0.15, 0.2) is 0 Å². The fourth-order valence-electron chi connectivity index (χ4n) is 2.28. The monoisotopic (exact) mass is 285 g/mol. The van der Waals surface area contributed by atoms with Crippen LogP contribution < -0.4 is 10.5 Å². The number of benzene rings is 2. The molecule has 1 unspecified atom stereocenters. The minimum atomic E-state index is -0.898. The van der Waals surface area contributed by atoms with Gasteiger partial charge < -0.3 is 15.6 Å². The van der Waals surface area contributed by atoms with Gasteiger partial charge >= 0.3 is 5.97 Å². The van der Waals surface area contributed by atoms with Gasteiger partial charge in [-0.3, -0.25) is 4.79 Å². The molecule has 0 saturated heterocycles. The lowest BCUT2D eigenvalue weighted by Gasteiger charge is -2.13. The van der Waals surface area contributed by atoms with Crippen molar-refractivity contribution in [2.24, 2.45) is 5.73 Å². The van der Waals surface area contributed by atoms with Crippen molar-refractivity contribution in [3.05, 3.63) is 53.6 Å². The molecule has 0 saturated carbocycles. The van der Waals surface area contributed by atoms with Gasteiger partial charge in [0.1, 0.15) is 5.75 Å². The Bertz CT molecular complexity index is 652. The molecule has 0 spiro atoms. The number of hydrogen-bond donors (Lipinski definition) is 2. The summed E-state index contributed by atoms with van der Waals surface area (Å²) in [6.45, 7) is 2.03. The van der Waals surface area contributed by atoms with Crippen LogP contribution in [0.1, 0.15) is 23.6 Å². The van der Waals surface area contributed by atoms with E-state index in [1.54, 1.807) is 7.11 Å². The maximum absolute atomic E-state index is 10.8. The zero-order chi connectivity index (χ0) is 15.4. The maximum Gasteiger partial charge on any atom is 0.305 e. The molecule has 0 aliphatic rings. The van der Waals surface area contributed by atoms with Gasteiger partial charge in [-0.2, -0.15) is 0 Å². The number of rotatable bonds is 5. The normalized spacial score (nSPS) is 12.0. The Hall–Kier alpha value is -2.33. The van der Waals surface area contributed by atoms with Crippen molar-refractivity contribution in [2.45, 2.75) is 19.4 Å². The third-order valence-corrected chi connectivity index (χ3v) is 3.47. The first kappa shape index (κ1) is 15.1. The molecule has 3 N–H and O–H groups in total. The van der Waals surface area contributed by atoms with Crippen molar-refractivity contribution in [3.8, 4) is 16.9 Å². The zero-order valence-electron chi connectivity index (χ0n) is 12.2. The lowest BCUT2D eigenvalue weighted by atomic mass is 9.96. The van der Waals surface area contributed by atoms with Gasteiger partial charge in [-0.25, -0.2) is 0 Å².